The van der Waals surface area contributed by atoms with E-state index in [0.717, 1.165) is 5.69 Å². The summed E-state index contributed by atoms with van der Waals surface area (Å²) in [4.78, 5) is 19.0. The quantitative estimate of drug-likeness (QED) is 0.528. The summed E-state index contributed by atoms with van der Waals surface area (Å²) in [6.07, 6.45) is 3.94. The van der Waals surface area contributed by atoms with Crippen molar-refractivity contribution in [3.05, 3.63) is 92.7 Å². The molecule has 0 fully saturated rings. The van der Waals surface area contributed by atoms with E-state index >= 15 is 0 Å². The fraction of sp³-hybridized carbons (Fsp3) is 0.0476. The van der Waals surface area contributed by atoms with Gasteiger partial charge in [0.05, 0.1) is 16.6 Å². The van der Waals surface area contributed by atoms with E-state index in [0.29, 0.717) is 16.7 Å². The van der Waals surface area contributed by atoms with Crippen molar-refractivity contribution in [2.24, 2.45) is 0 Å². The highest BCUT2D eigenvalue weighted by Crippen LogP contribution is 2.20. The highest BCUT2D eigenvalue weighted by molar-refractivity contribution is 7.11. The molecule has 0 aliphatic heterocycles. The van der Waals surface area contributed by atoms with Crippen molar-refractivity contribution in [2.45, 2.75) is 6.92 Å². The fourth-order valence-electron chi connectivity index (χ4n) is 2.79. The number of para-hydroxylation sites is 2. The summed E-state index contributed by atoms with van der Waals surface area (Å²) in [5.41, 5.74) is 2.69. The molecule has 25 heavy (non-hydrogen) atoms. The number of fused-ring (bicyclic) bond motifs is 1. The van der Waals surface area contributed by atoms with Crippen molar-refractivity contribution >= 4 is 34.4 Å². The first kappa shape index (κ1) is 15.5. The molecule has 0 aliphatic carbocycles. The minimum absolute atomic E-state index is 0.0562. The molecule has 0 saturated carbocycles. The molecule has 2 heterocycles. The number of hydrogen-bond donors (Lipinski definition) is 0. The van der Waals surface area contributed by atoms with Crippen LogP contribution in [0, 0.1) is 6.92 Å². The predicted octanol–water partition coefficient (Wildman–Crippen LogP) is 4.93. The average Bonchev–Trinajstić information content (AvgIpc) is 3.06. The molecule has 0 saturated heterocycles. The van der Waals surface area contributed by atoms with Crippen molar-refractivity contribution < 1.29 is 0 Å². The predicted molar refractivity (Wildman–Crippen MR) is 105 cm³/mol. The summed E-state index contributed by atoms with van der Waals surface area (Å²) in [6.45, 7) is 2.08. The number of nitrogens with zero attached hydrogens (tertiary/aromatic N) is 2. The summed E-state index contributed by atoms with van der Waals surface area (Å²) >= 11 is 1.68. The Bertz CT molecular complexity index is 1120. The first-order valence-corrected chi connectivity index (χ1v) is 8.91. The zero-order chi connectivity index (χ0) is 17.2. The van der Waals surface area contributed by atoms with Crippen LogP contribution in [0.25, 0.3) is 28.7 Å². The Morgan fingerprint density at radius 1 is 0.960 bits per heavy atom. The normalized spacial score (nSPS) is 11.4. The molecule has 0 bridgehead atoms. The number of thiophene rings is 1. The third-order valence-electron chi connectivity index (χ3n) is 4.10. The van der Waals surface area contributed by atoms with Gasteiger partial charge in [-0.15, -0.1) is 11.3 Å². The first-order valence-electron chi connectivity index (χ1n) is 8.03. The smallest absolute Gasteiger partial charge is 0.266 e. The van der Waals surface area contributed by atoms with Gasteiger partial charge in [0.2, 0.25) is 0 Å². The maximum atomic E-state index is 13.1. The Labute approximate surface area is 149 Å². The molecule has 122 valence electrons. The van der Waals surface area contributed by atoms with E-state index in [9.17, 15) is 4.79 Å². The molecule has 3 nitrogen and oxygen atoms in total. The van der Waals surface area contributed by atoms with E-state index in [1.807, 2.05) is 66.7 Å². The third kappa shape index (κ3) is 2.92. The molecule has 0 aliphatic rings. The highest BCUT2D eigenvalue weighted by atomic mass is 32.1. The fourth-order valence-corrected chi connectivity index (χ4v) is 3.61. The van der Waals surface area contributed by atoms with Gasteiger partial charge in [-0.2, -0.15) is 0 Å². The summed E-state index contributed by atoms with van der Waals surface area (Å²) in [6, 6.07) is 19.2. The Balaban J connectivity index is 1.97. The second kappa shape index (κ2) is 6.49. The van der Waals surface area contributed by atoms with Gasteiger partial charge in [-0.1, -0.05) is 30.3 Å². The Hall–Kier alpha value is -2.98. The van der Waals surface area contributed by atoms with Gasteiger partial charge in [-0.05, 0) is 60.4 Å². The lowest BCUT2D eigenvalue weighted by Gasteiger charge is -2.11. The average molecular weight is 344 g/mol. The summed E-state index contributed by atoms with van der Waals surface area (Å²) < 4.78 is 1.67. The topological polar surface area (TPSA) is 34.9 Å². The molecule has 4 heteroatoms. The molecule has 2 aromatic carbocycles. The summed E-state index contributed by atoms with van der Waals surface area (Å²) in [7, 11) is 0. The number of rotatable bonds is 3. The molecule has 0 atom stereocenters. The molecule has 0 radical (unpaired) electrons. The molecule has 0 spiro atoms. The number of benzene rings is 2. The Kier molecular flexibility index (Phi) is 4.04. The van der Waals surface area contributed by atoms with Gasteiger partial charge in [0.15, 0.2) is 0 Å². The standard InChI is InChI=1S/C21H16N2OS/c1-15-13-14-25-19(15)11-12-20-22-18-10-6-5-9-17(18)21(24)23(20)16-7-3-2-4-8-16/h2-14H,1H3. The van der Waals surface area contributed by atoms with Crippen molar-refractivity contribution in [3.8, 4) is 5.69 Å². The van der Waals surface area contributed by atoms with Crippen LogP contribution in [0.5, 0.6) is 0 Å². The zero-order valence-corrected chi connectivity index (χ0v) is 14.5. The van der Waals surface area contributed by atoms with E-state index in [1.54, 1.807) is 15.9 Å². The Morgan fingerprint density at radius 2 is 1.72 bits per heavy atom. The summed E-state index contributed by atoms with van der Waals surface area (Å²) in [5, 5.41) is 2.68. The third-order valence-corrected chi connectivity index (χ3v) is 5.09. The second-order valence-corrected chi connectivity index (χ2v) is 6.71. The van der Waals surface area contributed by atoms with Crippen LogP contribution >= 0.6 is 11.3 Å². The van der Waals surface area contributed by atoms with E-state index in [1.165, 1.54) is 10.4 Å². The molecular formula is C21H16N2OS. The monoisotopic (exact) mass is 344 g/mol. The number of aryl methyl sites for hydroxylation is 1. The Morgan fingerprint density at radius 3 is 2.48 bits per heavy atom. The minimum Gasteiger partial charge on any atom is -0.268 e. The minimum atomic E-state index is -0.0562. The second-order valence-electron chi connectivity index (χ2n) is 5.76. The van der Waals surface area contributed by atoms with Crippen molar-refractivity contribution in [1.82, 2.24) is 9.55 Å². The van der Waals surface area contributed by atoms with Crippen LogP contribution in [0.4, 0.5) is 0 Å². The largest absolute Gasteiger partial charge is 0.268 e. The number of aromatic nitrogens is 2. The molecular weight excluding hydrogens is 328 g/mol. The van der Waals surface area contributed by atoms with Crippen molar-refractivity contribution in [1.29, 1.82) is 0 Å². The summed E-state index contributed by atoms with van der Waals surface area (Å²) in [5.74, 6) is 0.628. The van der Waals surface area contributed by atoms with Crippen LogP contribution in [-0.2, 0) is 0 Å². The van der Waals surface area contributed by atoms with E-state index in [4.69, 9.17) is 4.98 Å². The lowest BCUT2D eigenvalue weighted by atomic mass is 10.2. The van der Waals surface area contributed by atoms with Gasteiger partial charge in [0.25, 0.3) is 5.56 Å². The van der Waals surface area contributed by atoms with Crippen LogP contribution in [-0.4, -0.2) is 9.55 Å². The highest BCUT2D eigenvalue weighted by Gasteiger charge is 2.10. The molecule has 4 aromatic rings. The lowest BCUT2D eigenvalue weighted by molar-refractivity contribution is 0.944. The van der Waals surface area contributed by atoms with E-state index in [-0.39, 0.29) is 5.56 Å². The van der Waals surface area contributed by atoms with Crippen molar-refractivity contribution in [3.63, 3.8) is 0 Å². The van der Waals surface area contributed by atoms with Gasteiger partial charge in [-0.3, -0.25) is 9.36 Å². The van der Waals surface area contributed by atoms with Gasteiger partial charge in [-0.25, -0.2) is 4.98 Å². The molecule has 2 aromatic heterocycles. The van der Waals surface area contributed by atoms with Crippen LogP contribution in [0.15, 0.2) is 70.8 Å². The molecule has 4 rings (SSSR count). The number of hydrogen-bond acceptors (Lipinski definition) is 3. The van der Waals surface area contributed by atoms with Crippen molar-refractivity contribution in [2.75, 3.05) is 0 Å². The van der Waals surface area contributed by atoms with Crippen LogP contribution < -0.4 is 5.56 Å². The molecule has 0 unspecified atom stereocenters. The van der Waals surface area contributed by atoms with Gasteiger partial charge >= 0.3 is 0 Å². The molecule has 0 N–H and O–H groups in total. The van der Waals surface area contributed by atoms with Crippen LogP contribution in [0.2, 0.25) is 0 Å². The van der Waals surface area contributed by atoms with Gasteiger partial charge in [0.1, 0.15) is 5.82 Å². The SMILES string of the molecule is Cc1ccsc1C=Cc1nc2ccccc2c(=O)n1-c1ccccc1. The van der Waals surface area contributed by atoms with E-state index < -0.39 is 0 Å². The lowest BCUT2D eigenvalue weighted by Crippen LogP contribution is -2.22. The maximum Gasteiger partial charge on any atom is 0.266 e. The van der Waals surface area contributed by atoms with E-state index in [2.05, 4.69) is 18.4 Å². The van der Waals surface area contributed by atoms with Crippen LogP contribution in [0.1, 0.15) is 16.3 Å². The molecule has 0 amide bonds. The van der Waals surface area contributed by atoms with Crippen LogP contribution in [0.3, 0.4) is 0 Å². The van der Waals surface area contributed by atoms with Gasteiger partial charge < -0.3 is 0 Å². The first-order chi connectivity index (χ1) is 12.2. The van der Waals surface area contributed by atoms with Gasteiger partial charge in [0, 0.05) is 4.88 Å². The zero-order valence-electron chi connectivity index (χ0n) is 13.7. The maximum absolute atomic E-state index is 13.1.